The number of rotatable bonds is 11. The molecule has 0 spiro atoms. The Balaban J connectivity index is 2.54. The van der Waals surface area contributed by atoms with E-state index in [9.17, 15) is 18.4 Å². The number of aliphatic hydroxyl groups is 1. The molecule has 0 aliphatic carbocycles. The molecule has 0 fully saturated rings. The second kappa shape index (κ2) is 12.7. The van der Waals surface area contributed by atoms with E-state index in [2.05, 4.69) is 5.32 Å². The van der Waals surface area contributed by atoms with Crippen molar-refractivity contribution in [2.24, 2.45) is 0 Å². The molecular weight excluding hydrogens is 558 g/mol. The van der Waals surface area contributed by atoms with Crippen LogP contribution in [0.2, 0.25) is 0 Å². The Bertz CT molecular complexity index is 1010. The van der Waals surface area contributed by atoms with Gasteiger partial charge in [-0.15, -0.1) is 0 Å². The number of halogens is 4. The Morgan fingerprint density at radius 3 is 2.48 bits per heavy atom. The van der Waals surface area contributed by atoms with Crippen LogP contribution >= 0.6 is 22.6 Å². The number of benzene rings is 2. The number of nitrogens with one attached hydrogen (secondary N) is 2. The van der Waals surface area contributed by atoms with Crippen LogP contribution in [0.1, 0.15) is 36.2 Å². The monoisotopic (exact) mass is 581 g/mol. The van der Waals surface area contributed by atoms with Crippen molar-refractivity contribution in [2.45, 2.75) is 26.8 Å². The van der Waals surface area contributed by atoms with Gasteiger partial charge in [0.15, 0.2) is 11.6 Å². The molecule has 180 valence electrons. The van der Waals surface area contributed by atoms with E-state index in [0.29, 0.717) is 3.57 Å². The van der Waals surface area contributed by atoms with Gasteiger partial charge in [-0.3, -0.25) is 19.3 Å². The highest BCUT2D eigenvalue weighted by Gasteiger charge is 2.26. The number of aliphatic hydroxyl groups excluding tert-OH is 1. The maximum atomic E-state index is 15.1. The molecule has 0 atom stereocenters. The van der Waals surface area contributed by atoms with Crippen LogP contribution < -0.4 is 10.8 Å². The average molecular weight is 581 g/mol. The summed E-state index contributed by atoms with van der Waals surface area (Å²) in [5, 5.41) is 12.1. The molecule has 0 radical (unpaired) electrons. The van der Waals surface area contributed by atoms with Crippen molar-refractivity contribution in [3.8, 4) is 0 Å². The molecular formula is C21H23F3IN3O5. The number of nitrogens with zero attached hydrogens (tertiary/aromatic N) is 1. The number of hydroxylamine groups is 3. The molecule has 2 aromatic carbocycles. The summed E-state index contributed by atoms with van der Waals surface area (Å²) in [6.07, 6.45) is 0.0537. The average Bonchev–Trinajstić information content (AvgIpc) is 2.79. The number of amides is 2. The van der Waals surface area contributed by atoms with Crippen LogP contribution in [0, 0.1) is 21.0 Å². The molecule has 0 heterocycles. The molecule has 12 heteroatoms. The van der Waals surface area contributed by atoms with Crippen molar-refractivity contribution in [1.82, 2.24) is 10.5 Å². The van der Waals surface area contributed by atoms with Crippen molar-refractivity contribution in [3.05, 3.63) is 56.4 Å². The molecule has 33 heavy (non-hydrogen) atoms. The minimum Gasteiger partial charge on any atom is -0.394 e. The van der Waals surface area contributed by atoms with Crippen LogP contribution in [0.4, 0.5) is 24.5 Å². The Labute approximate surface area is 202 Å². The predicted octanol–water partition coefficient (Wildman–Crippen LogP) is 3.80. The zero-order valence-corrected chi connectivity index (χ0v) is 20.0. The zero-order chi connectivity index (χ0) is 24.5. The van der Waals surface area contributed by atoms with Crippen molar-refractivity contribution in [1.29, 1.82) is 0 Å². The molecule has 0 aliphatic rings. The summed E-state index contributed by atoms with van der Waals surface area (Å²) < 4.78 is 45.0. The van der Waals surface area contributed by atoms with Crippen LogP contribution in [0.5, 0.6) is 0 Å². The van der Waals surface area contributed by atoms with Gasteiger partial charge in [-0.05, 0) is 53.8 Å². The smallest absolute Gasteiger partial charge is 0.277 e. The summed E-state index contributed by atoms with van der Waals surface area (Å²) in [5.74, 6) is -5.01. The van der Waals surface area contributed by atoms with Gasteiger partial charge in [-0.25, -0.2) is 23.7 Å². The number of carbonyl (C=O) groups is 2. The molecule has 0 unspecified atom stereocenters. The van der Waals surface area contributed by atoms with E-state index >= 15 is 4.39 Å². The van der Waals surface area contributed by atoms with Crippen molar-refractivity contribution < 1.29 is 37.5 Å². The van der Waals surface area contributed by atoms with Crippen molar-refractivity contribution in [3.63, 3.8) is 0 Å². The first-order chi connectivity index (χ1) is 15.7. The fraction of sp³-hybridized carbons (Fsp3) is 0.333. The summed E-state index contributed by atoms with van der Waals surface area (Å²) >= 11 is 1.88. The Hall–Kier alpha value is -2.42. The van der Waals surface area contributed by atoms with Crippen LogP contribution in [0.3, 0.4) is 0 Å². The summed E-state index contributed by atoms with van der Waals surface area (Å²) in [6.45, 7) is 2.17. The van der Waals surface area contributed by atoms with Gasteiger partial charge in [-0.2, -0.15) is 0 Å². The molecule has 0 aromatic heterocycles. The lowest BCUT2D eigenvalue weighted by atomic mass is 10.1. The normalized spacial score (nSPS) is 10.8. The lowest BCUT2D eigenvalue weighted by Gasteiger charge is -2.22. The third-order valence-electron chi connectivity index (χ3n) is 4.26. The summed E-state index contributed by atoms with van der Waals surface area (Å²) in [7, 11) is 0. The molecule has 0 aliphatic heterocycles. The Morgan fingerprint density at radius 2 is 1.88 bits per heavy atom. The quantitative estimate of drug-likeness (QED) is 0.212. The van der Waals surface area contributed by atoms with E-state index in [0.717, 1.165) is 11.1 Å². The largest absolute Gasteiger partial charge is 0.394 e. The molecule has 3 N–H and O–H groups in total. The van der Waals surface area contributed by atoms with Crippen LogP contribution in [0.25, 0.3) is 0 Å². The van der Waals surface area contributed by atoms with E-state index < -0.39 is 53.7 Å². The van der Waals surface area contributed by atoms with Crippen molar-refractivity contribution >= 4 is 45.8 Å². The van der Waals surface area contributed by atoms with Gasteiger partial charge >= 0.3 is 0 Å². The van der Waals surface area contributed by atoms with Crippen LogP contribution in [-0.2, 0) is 21.0 Å². The van der Waals surface area contributed by atoms with Gasteiger partial charge in [0, 0.05) is 15.6 Å². The Morgan fingerprint density at radius 1 is 1.15 bits per heavy atom. The topological polar surface area (TPSA) is 100 Å². The lowest BCUT2D eigenvalue weighted by molar-refractivity contribution is -0.188. The fourth-order valence-electron chi connectivity index (χ4n) is 2.73. The number of anilines is 2. The van der Waals surface area contributed by atoms with E-state index in [1.807, 2.05) is 28.1 Å². The summed E-state index contributed by atoms with van der Waals surface area (Å²) in [5.41, 5.74) is 0.417. The first-order valence-electron chi connectivity index (χ1n) is 9.92. The molecule has 2 aromatic rings. The first-order valence-corrected chi connectivity index (χ1v) is 11.0. The summed E-state index contributed by atoms with van der Waals surface area (Å²) in [6, 6.07) is 5.03. The van der Waals surface area contributed by atoms with Gasteiger partial charge in [0.25, 0.3) is 5.91 Å². The highest BCUT2D eigenvalue weighted by Crippen LogP contribution is 2.31. The van der Waals surface area contributed by atoms with Gasteiger partial charge in [0.2, 0.25) is 5.91 Å². The second-order valence-electron chi connectivity index (χ2n) is 6.54. The van der Waals surface area contributed by atoms with Gasteiger partial charge in [0.1, 0.15) is 5.82 Å². The van der Waals surface area contributed by atoms with Crippen LogP contribution in [0.15, 0.2) is 24.3 Å². The SMILES string of the molecule is CCON(Cc1cc(C(=O)NOCCO)c(Nc2ccc(I)cc2F)c(F)c1F)C(=O)CC. The summed E-state index contributed by atoms with van der Waals surface area (Å²) in [4.78, 5) is 34.7. The number of hydrogen-bond donors (Lipinski definition) is 3. The zero-order valence-electron chi connectivity index (χ0n) is 17.9. The maximum absolute atomic E-state index is 15.1. The van der Waals surface area contributed by atoms with Crippen molar-refractivity contribution in [2.75, 3.05) is 25.1 Å². The Kier molecular flexibility index (Phi) is 10.3. The van der Waals surface area contributed by atoms with Gasteiger partial charge in [-0.1, -0.05) is 6.92 Å². The number of hydrogen-bond acceptors (Lipinski definition) is 6. The van der Waals surface area contributed by atoms with Crippen LogP contribution in [-0.4, -0.2) is 41.8 Å². The lowest BCUT2D eigenvalue weighted by Crippen LogP contribution is -2.31. The van der Waals surface area contributed by atoms with E-state index in [1.54, 1.807) is 13.8 Å². The molecule has 0 bridgehead atoms. The molecule has 0 saturated heterocycles. The molecule has 0 saturated carbocycles. The first kappa shape index (κ1) is 26.8. The third kappa shape index (κ3) is 7.03. The minimum absolute atomic E-state index is 0.0537. The maximum Gasteiger partial charge on any atom is 0.277 e. The molecule has 8 nitrogen and oxygen atoms in total. The van der Waals surface area contributed by atoms with E-state index in [1.165, 1.54) is 18.2 Å². The highest BCUT2D eigenvalue weighted by molar-refractivity contribution is 14.1. The van der Waals surface area contributed by atoms with E-state index in [-0.39, 0.29) is 30.9 Å². The molecule has 2 rings (SSSR count). The van der Waals surface area contributed by atoms with Gasteiger partial charge in [0.05, 0.1) is 43.3 Å². The second-order valence-corrected chi connectivity index (χ2v) is 7.79. The number of carbonyl (C=O) groups excluding carboxylic acids is 2. The fourth-order valence-corrected chi connectivity index (χ4v) is 3.18. The highest BCUT2D eigenvalue weighted by atomic mass is 127. The van der Waals surface area contributed by atoms with E-state index in [4.69, 9.17) is 14.8 Å². The van der Waals surface area contributed by atoms with Gasteiger partial charge < -0.3 is 10.4 Å². The molecule has 2 amide bonds. The minimum atomic E-state index is -1.46. The standard InChI is InChI=1S/C21H23F3IN3O5/c1-3-17(30)28(33-4-2)11-12-9-14(21(31)27-32-8-7-29)20(19(24)18(12)23)26-16-6-5-13(25)10-15(16)22/h5-6,9-10,26,29H,3-4,7-8,11H2,1-2H3,(H,27,31). The predicted molar refractivity (Wildman–Crippen MR) is 122 cm³/mol. The third-order valence-corrected chi connectivity index (χ3v) is 4.93.